The second-order valence-corrected chi connectivity index (χ2v) is 8.72. The monoisotopic (exact) mass is 456 g/mol. The Morgan fingerprint density at radius 2 is 1.85 bits per heavy atom. The Balaban J connectivity index is 3.21. The molecule has 0 saturated heterocycles. The lowest BCUT2D eigenvalue weighted by molar-refractivity contribution is 0.0328. The molecule has 1 aliphatic rings. The summed E-state index contributed by atoms with van der Waals surface area (Å²) in [5.74, 6) is -2.16. The topological polar surface area (TPSA) is 24.4 Å². The van der Waals surface area contributed by atoms with Gasteiger partial charge in [0.25, 0.3) is 5.92 Å². The molecule has 1 aliphatic carbocycles. The fourth-order valence-corrected chi connectivity index (χ4v) is 3.14. The van der Waals surface area contributed by atoms with E-state index in [1.807, 2.05) is 6.20 Å². The van der Waals surface area contributed by atoms with Crippen LogP contribution in [0.2, 0.25) is 0 Å². The first kappa shape index (κ1) is 28.5. The highest BCUT2D eigenvalue weighted by Crippen LogP contribution is 2.32. The van der Waals surface area contributed by atoms with Gasteiger partial charge in [-0.2, -0.15) is 0 Å². The Hall–Kier alpha value is -2.49. The largest absolute Gasteiger partial charge is 0.386 e. The van der Waals surface area contributed by atoms with E-state index < -0.39 is 12.5 Å². The highest BCUT2D eigenvalue weighted by molar-refractivity contribution is 5.80. The summed E-state index contributed by atoms with van der Waals surface area (Å²) < 4.78 is 26.5. The van der Waals surface area contributed by atoms with Gasteiger partial charge in [0.05, 0.1) is 0 Å². The second kappa shape index (κ2) is 14.6. The van der Waals surface area contributed by atoms with Gasteiger partial charge in [0.15, 0.2) is 0 Å². The van der Waals surface area contributed by atoms with Gasteiger partial charge in [-0.1, -0.05) is 75.5 Å². The highest BCUT2D eigenvalue weighted by atomic mass is 19.3. The molecule has 33 heavy (non-hydrogen) atoms. The van der Waals surface area contributed by atoms with Crippen LogP contribution < -0.4 is 5.32 Å². The van der Waals surface area contributed by atoms with Gasteiger partial charge in [-0.15, -0.1) is 0 Å². The molecule has 1 rings (SSSR count). The summed E-state index contributed by atoms with van der Waals surface area (Å²) in [6.45, 7) is 17.4. The van der Waals surface area contributed by atoms with E-state index in [4.69, 9.17) is 0 Å². The summed E-state index contributed by atoms with van der Waals surface area (Å²) in [4.78, 5) is 4.01. The van der Waals surface area contributed by atoms with Crippen LogP contribution in [0.1, 0.15) is 66.7 Å². The first-order valence-corrected chi connectivity index (χ1v) is 12.1. The highest BCUT2D eigenvalue weighted by Gasteiger charge is 2.20. The van der Waals surface area contributed by atoms with Crippen LogP contribution in [0.4, 0.5) is 8.78 Å². The third-order valence-electron chi connectivity index (χ3n) is 5.42. The molecular formula is C29H42F2N2. The van der Waals surface area contributed by atoms with Crippen LogP contribution in [-0.2, 0) is 0 Å². The van der Waals surface area contributed by atoms with Gasteiger partial charge >= 0.3 is 0 Å². The SMILES string of the molecule is C=CC(=C)C(=C/NCC(/C=N\CC(C)(F)F)=C/C(=C/C1CC1)CC)/C(/C=C\CC)=C(/C)CC. The third kappa shape index (κ3) is 11.8. The molecule has 0 aromatic heterocycles. The molecule has 4 heteroatoms. The molecule has 182 valence electrons. The van der Waals surface area contributed by atoms with Crippen LogP contribution in [0.3, 0.4) is 0 Å². The molecule has 0 unspecified atom stereocenters. The summed E-state index contributed by atoms with van der Waals surface area (Å²) in [5.41, 5.74) is 6.29. The molecule has 1 saturated carbocycles. The molecule has 1 fully saturated rings. The van der Waals surface area contributed by atoms with E-state index >= 15 is 0 Å². The Bertz CT molecular complexity index is 841. The summed E-state index contributed by atoms with van der Waals surface area (Å²) in [6.07, 6.45) is 19.2. The maximum absolute atomic E-state index is 13.3. The summed E-state index contributed by atoms with van der Waals surface area (Å²) >= 11 is 0. The van der Waals surface area contributed by atoms with Crippen LogP contribution in [0.25, 0.3) is 0 Å². The number of nitrogens with zero attached hydrogens (tertiary/aromatic N) is 1. The molecule has 2 nitrogen and oxygen atoms in total. The van der Waals surface area contributed by atoms with E-state index in [9.17, 15) is 8.78 Å². The number of hydrogen-bond acceptors (Lipinski definition) is 2. The van der Waals surface area contributed by atoms with Crippen LogP contribution in [0, 0.1) is 5.92 Å². The van der Waals surface area contributed by atoms with E-state index in [0.29, 0.717) is 12.5 Å². The smallest absolute Gasteiger partial charge is 0.264 e. The maximum atomic E-state index is 13.3. The fraction of sp³-hybridized carbons (Fsp3) is 0.483. The van der Waals surface area contributed by atoms with Crippen molar-refractivity contribution in [1.29, 1.82) is 0 Å². The molecular weight excluding hydrogens is 414 g/mol. The molecule has 0 atom stereocenters. The second-order valence-electron chi connectivity index (χ2n) is 8.72. The minimum atomic E-state index is -2.82. The van der Waals surface area contributed by atoms with Crippen molar-refractivity contribution in [3.8, 4) is 0 Å². The van der Waals surface area contributed by atoms with Gasteiger partial charge in [0, 0.05) is 31.5 Å². The minimum Gasteiger partial charge on any atom is -0.386 e. The number of nitrogens with one attached hydrogen (secondary N) is 1. The molecule has 0 spiro atoms. The zero-order chi connectivity index (χ0) is 24.9. The fourth-order valence-electron chi connectivity index (χ4n) is 3.14. The first-order chi connectivity index (χ1) is 15.6. The Morgan fingerprint density at radius 1 is 1.15 bits per heavy atom. The number of hydrogen-bond donors (Lipinski definition) is 1. The van der Waals surface area contributed by atoms with Crippen LogP contribution >= 0.6 is 0 Å². The molecule has 0 bridgehead atoms. The molecule has 0 aromatic carbocycles. The van der Waals surface area contributed by atoms with E-state index in [2.05, 4.69) is 75.5 Å². The van der Waals surface area contributed by atoms with Gasteiger partial charge in [-0.25, -0.2) is 8.78 Å². The van der Waals surface area contributed by atoms with Gasteiger partial charge < -0.3 is 5.32 Å². The van der Waals surface area contributed by atoms with Gasteiger partial charge in [-0.3, -0.25) is 4.99 Å². The normalized spacial score (nSPS) is 17.0. The van der Waals surface area contributed by atoms with E-state index in [1.54, 1.807) is 12.3 Å². The maximum Gasteiger partial charge on any atom is 0.264 e. The van der Waals surface area contributed by atoms with Crippen LogP contribution in [0.5, 0.6) is 0 Å². The van der Waals surface area contributed by atoms with Gasteiger partial charge in [-0.05, 0) is 61.7 Å². The lowest BCUT2D eigenvalue weighted by Gasteiger charge is -2.14. The van der Waals surface area contributed by atoms with Crippen molar-refractivity contribution in [3.63, 3.8) is 0 Å². The third-order valence-corrected chi connectivity index (χ3v) is 5.42. The molecule has 0 heterocycles. The molecule has 0 aliphatic heterocycles. The lowest BCUT2D eigenvalue weighted by Crippen LogP contribution is -2.16. The van der Waals surface area contributed by atoms with E-state index in [-0.39, 0.29) is 0 Å². The number of rotatable bonds is 15. The van der Waals surface area contributed by atoms with Crippen molar-refractivity contribution >= 4 is 6.21 Å². The molecule has 0 aromatic rings. The average molecular weight is 457 g/mol. The molecule has 0 radical (unpaired) electrons. The zero-order valence-electron chi connectivity index (χ0n) is 21.2. The van der Waals surface area contributed by atoms with Crippen LogP contribution in [-0.4, -0.2) is 25.2 Å². The number of halogens is 2. The van der Waals surface area contributed by atoms with Crippen molar-refractivity contribution in [3.05, 3.63) is 83.2 Å². The van der Waals surface area contributed by atoms with Crippen molar-refractivity contribution in [2.24, 2.45) is 10.9 Å². The quantitative estimate of drug-likeness (QED) is 0.194. The minimum absolute atomic E-state index is 0.477. The number of aliphatic imine (C=N–C) groups is 1. The van der Waals surface area contributed by atoms with Crippen molar-refractivity contribution in [1.82, 2.24) is 5.32 Å². The Kier molecular flexibility index (Phi) is 12.6. The molecule has 0 amide bonds. The predicted octanol–water partition coefficient (Wildman–Crippen LogP) is 8.29. The molecule has 1 N–H and O–H groups in total. The Labute approximate surface area is 200 Å². The zero-order valence-corrected chi connectivity index (χ0v) is 21.2. The first-order valence-electron chi connectivity index (χ1n) is 12.1. The summed E-state index contributed by atoms with van der Waals surface area (Å²) in [5, 5.41) is 3.37. The number of alkyl halides is 2. The summed E-state index contributed by atoms with van der Waals surface area (Å²) in [6, 6.07) is 0. The standard InChI is InChI=1S/C29H42F2N2/c1-8-12-13-27(22(5)9-2)28(23(6)10-3)20-32-18-26(19-33-21-29(7,30)31)17-24(11-4)16-25-14-15-25/h10,12-13,16-17,19-20,25,32H,3,6,8-9,11,14-15,18,21H2,1-2,4-5,7H3/b13-12-,24-16+,26-17-,27-22-,28-20-,33-19-. The predicted molar refractivity (Wildman–Crippen MR) is 141 cm³/mol. The van der Waals surface area contributed by atoms with Crippen molar-refractivity contribution in [2.45, 2.75) is 72.6 Å². The Morgan fingerprint density at radius 3 is 2.36 bits per heavy atom. The summed E-state index contributed by atoms with van der Waals surface area (Å²) in [7, 11) is 0. The van der Waals surface area contributed by atoms with Gasteiger partial charge in [0.1, 0.15) is 6.54 Å². The number of allylic oxidation sites excluding steroid dienone is 10. The van der Waals surface area contributed by atoms with E-state index in [0.717, 1.165) is 48.5 Å². The van der Waals surface area contributed by atoms with Crippen molar-refractivity contribution in [2.75, 3.05) is 13.1 Å². The van der Waals surface area contributed by atoms with Crippen molar-refractivity contribution < 1.29 is 8.78 Å². The average Bonchev–Trinajstić information content (AvgIpc) is 3.59. The van der Waals surface area contributed by atoms with Gasteiger partial charge in [0.2, 0.25) is 0 Å². The lowest BCUT2D eigenvalue weighted by atomic mass is 9.94. The van der Waals surface area contributed by atoms with Crippen LogP contribution in [0.15, 0.2) is 88.2 Å². The van der Waals surface area contributed by atoms with E-state index in [1.165, 1.54) is 24.0 Å².